The summed E-state index contributed by atoms with van der Waals surface area (Å²) in [6.45, 7) is 3.92. The lowest BCUT2D eigenvalue weighted by Crippen LogP contribution is -2.15. The number of amides is 1. The first-order chi connectivity index (χ1) is 12.0. The molecule has 1 aromatic heterocycles. The van der Waals surface area contributed by atoms with Gasteiger partial charge in [0.2, 0.25) is 0 Å². The largest absolute Gasteiger partial charge is 0.336 e. The van der Waals surface area contributed by atoms with E-state index in [2.05, 4.69) is 20.8 Å². The van der Waals surface area contributed by atoms with Crippen LogP contribution in [0, 0.1) is 19.7 Å². The van der Waals surface area contributed by atoms with Gasteiger partial charge >= 0.3 is 0 Å². The summed E-state index contributed by atoms with van der Waals surface area (Å²) in [5, 5.41) is 13.5. The van der Waals surface area contributed by atoms with Crippen molar-refractivity contribution in [2.45, 2.75) is 13.8 Å². The predicted octanol–water partition coefficient (Wildman–Crippen LogP) is 4.23. The zero-order chi connectivity index (χ0) is 17.8. The minimum atomic E-state index is -0.388. The Labute approximate surface area is 144 Å². The van der Waals surface area contributed by atoms with Crippen LogP contribution in [0.15, 0.2) is 54.6 Å². The minimum absolute atomic E-state index is 0.180. The highest BCUT2D eigenvalue weighted by molar-refractivity contribution is 6.03. The van der Waals surface area contributed by atoms with E-state index in [-0.39, 0.29) is 17.4 Å². The number of nitrogens with zero attached hydrogens (tertiary/aromatic N) is 2. The molecule has 0 spiro atoms. The summed E-state index contributed by atoms with van der Waals surface area (Å²) in [5.41, 5.74) is 3.30. The molecule has 1 amide bonds. The third-order valence-electron chi connectivity index (χ3n) is 3.66. The maximum atomic E-state index is 13.6. The molecule has 0 bridgehead atoms. The van der Waals surface area contributed by atoms with E-state index >= 15 is 0 Å². The maximum Gasteiger partial charge on any atom is 0.276 e. The van der Waals surface area contributed by atoms with Gasteiger partial charge in [-0.25, -0.2) is 4.39 Å². The Hall–Kier alpha value is -3.28. The van der Waals surface area contributed by atoms with Gasteiger partial charge in [-0.3, -0.25) is 4.79 Å². The highest BCUT2D eigenvalue weighted by atomic mass is 19.1. The Balaban J connectivity index is 1.71. The van der Waals surface area contributed by atoms with Gasteiger partial charge in [0.05, 0.1) is 5.69 Å². The first-order valence-electron chi connectivity index (χ1n) is 7.77. The van der Waals surface area contributed by atoms with Crippen molar-refractivity contribution in [3.8, 4) is 0 Å². The lowest BCUT2D eigenvalue weighted by molar-refractivity contribution is 0.102. The van der Waals surface area contributed by atoms with E-state index in [9.17, 15) is 9.18 Å². The Morgan fingerprint density at radius 3 is 2.44 bits per heavy atom. The quantitative estimate of drug-likeness (QED) is 0.748. The van der Waals surface area contributed by atoms with Gasteiger partial charge in [-0.05, 0) is 49.7 Å². The number of nitrogens with one attached hydrogen (secondary N) is 2. The normalized spacial score (nSPS) is 10.4. The molecule has 1 heterocycles. The third kappa shape index (κ3) is 3.98. The summed E-state index contributed by atoms with van der Waals surface area (Å²) >= 11 is 0. The van der Waals surface area contributed by atoms with E-state index < -0.39 is 0 Å². The molecule has 25 heavy (non-hydrogen) atoms. The second-order valence-corrected chi connectivity index (χ2v) is 5.68. The number of halogens is 1. The summed E-state index contributed by atoms with van der Waals surface area (Å²) in [6.07, 6.45) is 0. The van der Waals surface area contributed by atoms with Crippen molar-refractivity contribution in [1.82, 2.24) is 10.2 Å². The minimum Gasteiger partial charge on any atom is -0.336 e. The Bertz CT molecular complexity index is 910. The predicted molar refractivity (Wildman–Crippen MR) is 95.6 cm³/mol. The summed E-state index contributed by atoms with van der Waals surface area (Å²) in [4.78, 5) is 12.3. The zero-order valence-corrected chi connectivity index (χ0v) is 13.9. The smallest absolute Gasteiger partial charge is 0.276 e. The highest BCUT2D eigenvalue weighted by Crippen LogP contribution is 2.19. The van der Waals surface area contributed by atoms with Gasteiger partial charge < -0.3 is 10.6 Å². The average Bonchev–Trinajstić information content (AvgIpc) is 2.60. The van der Waals surface area contributed by atoms with Crippen molar-refractivity contribution in [3.63, 3.8) is 0 Å². The van der Waals surface area contributed by atoms with Crippen LogP contribution in [0.4, 0.5) is 21.6 Å². The standard InChI is InChI=1S/C19H17FN4O/c1-12-7-8-15(13(2)11-12)22-19(25)17-9-10-18(24-23-17)21-16-6-4-3-5-14(16)20/h3-11H,1-2H3,(H,21,24)(H,22,25). The van der Waals surface area contributed by atoms with Gasteiger partial charge in [0, 0.05) is 5.69 Å². The van der Waals surface area contributed by atoms with Gasteiger partial charge in [0.1, 0.15) is 5.82 Å². The molecule has 0 atom stereocenters. The van der Waals surface area contributed by atoms with Gasteiger partial charge in [0.15, 0.2) is 11.5 Å². The van der Waals surface area contributed by atoms with Crippen LogP contribution in [0.3, 0.4) is 0 Å². The Morgan fingerprint density at radius 1 is 0.960 bits per heavy atom. The second kappa shape index (κ2) is 7.09. The first-order valence-corrected chi connectivity index (χ1v) is 7.77. The molecule has 0 saturated carbocycles. The Morgan fingerprint density at radius 2 is 1.76 bits per heavy atom. The molecular weight excluding hydrogens is 319 g/mol. The molecule has 126 valence electrons. The molecule has 6 heteroatoms. The molecule has 0 fully saturated rings. The fourth-order valence-electron chi connectivity index (χ4n) is 2.36. The van der Waals surface area contributed by atoms with Gasteiger partial charge in [0.25, 0.3) is 5.91 Å². The average molecular weight is 336 g/mol. The molecule has 0 saturated heterocycles. The molecule has 0 radical (unpaired) electrons. The molecule has 2 aromatic carbocycles. The number of anilines is 3. The number of hydrogen-bond acceptors (Lipinski definition) is 4. The maximum absolute atomic E-state index is 13.6. The van der Waals surface area contributed by atoms with Crippen LogP contribution >= 0.6 is 0 Å². The number of carbonyl (C=O) groups is 1. The van der Waals surface area contributed by atoms with E-state index in [0.717, 1.165) is 16.8 Å². The highest BCUT2D eigenvalue weighted by Gasteiger charge is 2.11. The van der Waals surface area contributed by atoms with Gasteiger partial charge in [-0.1, -0.05) is 29.8 Å². The molecule has 3 aromatic rings. The zero-order valence-electron chi connectivity index (χ0n) is 13.9. The van der Waals surface area contributed by atoms with Crippen molar-refractivity contribution in [3.05, 3.63) is 77.2 Å². The van der Waals surface area contributed by atoms with Crippen molar-refractivity contribution >= 4 is 23.1 Å². The van der Waals surface area contributed by atoms with E-state index in [4.69, 9.17) is 0 Å². The number of carbonyl (C=O) groups excluding carboxylic acids is 1. The van der Waals surface area contributed by atoms with E-state index in [0.29, 0.717) is 11.5 Å². The lowest BCUT2D eigenvalue weighted by atomic mass is 10.1. The summed E-state index contributed by atoms with van der Waals surface area (Å²) in [5.74, 6) is -0.383. The second-order valence-electron chi connectivity index (χ2n) is 5.68. The SMILES string of the molecule is Cc1ccc(NC(=O)c2ccc(Nc3ccccc3F)nn2)c(C)c1. The van der Waals surface area contributed by atoms with E-state index in [1.165, 1.54) is 12.1 Å². The van der Waals surface area contributed by atoms with Crippen molar-refractivity contribution < 1.29 is 9.18 Å². The topological polar surface area (TPSA) is 66.9 Å². The van der Waals surface area contributed by atoms with Crippen molar-refractivity contribution in [2.75, 3.05) is 10.6 Å². The van der Waals surface area contributed by atoms with Gasteiger partial charge in [-0.2, -0.15) is 0 Å². The summed E-state index contributed by atoms with van der Waals surface area (Å²) in [7, 11) is 0. The monoisotopic (exact) mass is 336 g/mol. The van der Waals surface area contributed by atoms with Crippen molar-refractivity contribution in [1.29, 1.82) is 0 Å². The number of aryl methyl sites for hydroxylation is 2. The van der Waals surface area contributed by atoms with Crippen LogP contribution in [-0.4, -0.2) is 16.1 Å². The number of aromatic nitrogens is 2. The molecule has 2 N–H and O–H groups in total. The van der Waals surface area contributed by atoms with Crippen LogP contribution < -0.4 is 10.6 Å². The first kappa shape index (κ1) is 16.6. The number of benzene rings is 2. The number of para-hydroxylation sites is 1. The third-order valence-corrected chi connectivity index (χ3v) is 3.66. The summed E-state index contributed by atoms with van der Waals surface area (Å²) < 4.78 is 13.6. The molecule has 0 unspecified atom stereocenters. The molecule has 3 rings (SSSR count). The van der Waals surface area contributed by atoms with E-state index in [1.807, 2.05) is 32.0 Å². The van der Waals surface area contributed by atoms with Crippen LogP contribution in [0.1, 0.15) is 21.6 Å². The lowest BCUT2D eigenvalue weighted by Gasteiger charge is -2.09. The number of rotatable bonds is 4. The van der Waals surface area contributed by atoms with Crippen LogP contribution in [0.5, 0.6) is 0 Å². The Kier molecular flexibility index (Phi) is 4.70. The fraction of sp³-hybridized carbons (Fsp3) is 0.105. The van der Waals surface area contributed by atoms with Crippen LogP contribution in [0.2, 0.25) is 0 Å². The van der Waals surface area contributed by atoms with Gasteiger partial charge in [-0.15, -0.1) is 10.2 Å². The van der Waals surface area contributed by atoms with Crippen LogP contribution in [0.25, 0.3) is 0 Å². The molecule has 0 aliphatic heterocycles. The van der Waals surface area contributed by atoms with Crippen LogP contribution in [-0.2, 0) is 0 Å². The molecule has 5 nitrogen and oxygen atoms in total. The van der Waals surface area contributed by atoms with Crippen molar-refractivity contribution in [2.24, 2.45) is 0 Å². The number of hydrogen-bond donors (Lipinski definition) is 2. The fourth-order valence-corrected chi connectivity index (χ4v) is 2.36. The molecule has 0 aliphatic carbocycles. The molecule has 0 aliphatic rings. The summed E-state index contributed by atoms with van der Waals surface area (Å²) in [6, 6.07) is 15.1. The molecular formula is C19H17FN4O. The van der Waals surface area contributed by atoms with E-state index in [1.54, 1.807) is 24.3 Å².